The molecular formula is C12H9F3N2O4. The Labute approximate surface area is 115 Å². The molecule has 0 aliphatic rings. The summed E-state index contributed by atoms with van der Waals surface area (Å²) in [6, 6.07) is 1.47. The van der Waals surface area contributed by atoms with E-state index in [0.717, 1.165) is 6.07 Å². The third kappa shape index (κ3) is 2.81. The van der Waals surface area contributed by atoms with Gasteiger partial charge in [0, 0.05) is 23.2 Å². The van der Waals surface area contributed by atoms with Gasteiger partial charge in [-0.15, -0.1) is 0 Å². The lowest BCUT2D eigenvalue weighted by Gasteiger charge is -2.08. The van der Waals surface area contributed by atoms with Gasteiger partial charge in [0.25, 0.3) is 5.69 Å². The molecule has 2 aromatic rings. The lowest BCUT2D eigenvalue weighted by Crippen LogP contribution is -2.09. The summed E-state index contributed by atoms with van der Waals surface area (Å²) in [5.41, 5.74) is -2.01. The fraction of sp³-hybridized carbons (Fsp3) is 0.250. The summed E-state index contributed by atoms with van der Waals surface area (Å²) in [4.78, 5) is 23.5. The Morgan fingerprint density at radius 1 is 1.43 bits per heavy atom. The van der Waals surface area contributed by atoms with Crippen LogP contribution < -0.4 is 0 Å². The van der Waals surface area contributed by atoms with Crippen molar-refractivity contribution in [3.05, 3.63) is 39.6 Å². The molecule has 0 bridgehead atoms. The number of halogens is 3. The molecule has 0 aliphatic heterocycles. The number of aromatic amines is 1. The van der Waals surface area contributed by atoms with Crippen molar-refractivity contribution < 1.29 is 27.6 Å². The van der Waals surface area contributed by atoms with Crippen LogP contribution in [0, 0.1) is 10.1 Å². The normalized spacial score (nSPS) is 11.6. The zero-order valence-electron chi connectivity index (χ0n) is 10.7. The number of carbonyl (C=O) groups is 1. The third-order valence-electron chi connectivity index (χ3n) is 2.95. The molecule has 0 spiro atoms. The number of methoxy groups -OCH3 is 1. The molecule has 0 amide bonds. The molecule has 1 aromatic heterocycles. The number of nitro benzene ring substituents is 1. The van der Waals surface area contributed by atoms with Gasteiger partial charge in [0.1, 0.15) is 5.56 Å². The molecule has 112 valence electrons. The SMILES string of the molecule is COC(=O)Cc1c[nH]c2cc(C(F)(F)F)c([N+](=O)[O-])cc12. The second kappa shape index (κ2) is 5.08. The Bertz CT molecular complexity index is 721. The fourth-order valence-electron chi connectivity index (χ4n) is 1.97. The van der Waals surface area contributed by atoms with Gasteiger partial charge in [0.2, 0.25) is 0 Å². The van der Waals surface area contributed by atoms with Crippen LogP contribution in [-0.2, 0) is 22.1 Å². The molecule has 0 radical (unpaired) electrons. The van der Waals surface area contributed by atoms with Gasteiger partial charge in [-0.05, 0) is 11.6 Å². The van der Waals surface area contributed by atoms with Crippen LogP contribution in [0.2, 0.25) is 0 Å². The number of aromatic nitrogens is 1. The molecule has 0 unspecified atom stereocenters. The molecule has 1 N–H and O–H groups in total. The second-order valence-electron chi connectivity index (χ2n) is 4.24. The van der Waals surface area contributed by atoms with Crippen molar-refractivity contribution in [2.75, 3.05) is 7.11 Å². The average molecular weight is 302 g/mol. The van der Waals surface area contributed by atoms with Crippen LogP contribution in [0.3, 0.4) is 0 Å². The van der Waals surface area contributed by atoms with E-state index in [9.17, 15) is 28.1 Å². The first kappa shape index (κ1) is 14.8. The molecule has 0 saturated heterocycles. The van der Waals surface area contributed by atoms with Crippen molar-refractivity contribution in [3.8, 4) is 0 Å². The number of nitro groups is 1. The number of fused-ring (bicyclic) bond motifs is 1. The Morgan fingerprint density at radius 2 is 2.10 bits per heavy atom. The van der Waals surface area contributed by atoms with Gasteiger partial charge in [-0.1, -0.05) is 0 Å². The number of nitrogens with one attached hydrogen (secondary N) is 1. The number of alkyl halides is 3. The summed E-state index contributed by atoms with van der Waals surface area (Å²) < 4.78 is 42.9. The minimum Gasteiger partial charge on any atom is -0.469 e. The number of carbonyl (C=O) groups excluding carboxylic acids is 1. The van der Waals surface area contributed by atoms with E-state index >= 15 is 0 Å². The number of hydrogen-bond donors (Lipinski definition) is 1. The number of hydrogen-bond acceptors (Lipinski definition) is 4. The molecular weight excluding hydrogens is 293 g/mol. The quantitative estimate of drug-likeness (QED) is 0.536. The van der Waals surface area contributed by atoms with E-state index in [1.807, 2.05) is 0 Å². The molecule has 0 fully saturated rings. The van der Waals surface area contributed by atoms with E-state index in [0.29, 0.717) is 11.6 Å². The number of nitrogens with zero attached hydrogens (tertiary/aromatic N) is 1. The molecule has 1 heterocycles. The number of ether oxygens (including phenoxy) is 1. The van der Waals surface area contributed by atoms with Crippen LogP contribution in [0.1, 0.15) is 11.1 Å². The zero-order valence-corrected chi connectivity index (χ0v) is 10.7. The van der Waals surface area contributed by atoms with Crippen LogP contribution in [0.15, 0.2) is 18.3 Å². The van der Waals surface area contributed by atoms with E-state index in [-0.39, 0.29) is 17.3 Å². The first-order valence-corrected chi connectivity index (χ1v) is 5.66. The van der Waals surface area contributed by atoms with Crippen LogP contribution >= 0.6 is 0 Å². The summed E-state index contributed by atoms with van der Waals surface area (Å²) >= 11 is 0. The van der Waals surface area contributed by atoms with E-state index in [1.54, 1.807) is 0 Å². The first-order valence-electron chi connectivity index (χ1n) is 5.66. The van der Waals surface area contributed by atoms with Crippen molar-refractivity contribution in [1.82, 2.24) is 4.98 Å². The van der Waals surface area contributed by atoms with Gasteiger partial charge in [-0.25, -0.2) is 0 Å². The van der Waals surface area contributed by atoms with Crippen molar-refractivity contribution in [1.29, 1.82) is 0 Å². The predicted molar refractivity (Wildman–Crippen MR) is 65.7 cm³/mol. The summed E-state index contributed by atoms with van der Waals surface area (Å²) in [5.74, 6) is -0.599. The average Bonchev–Trinajstić information content (AvgIpc) is 2.78. The largest absolute Gasteiger partial charge is 0.469 e. The fourth-order valence-corrected chi connectivity index (χ4v) is 1.97. The van der Waals surface area contributed by atoms with Crippen LogP contribution in [0.4, 0.5) is 18.9 Å². The topological polar surface area (TPSA) is 85.2 Å². The maximum Gasteiger partial charge on any atom is 0.423 e. The third-order valence-corrected chi connectivity index (χ3v) is 2.95. The number of esters is 1. The Kier molecular flexibility index (Phi) is 3.58. The molecule has 21 heavy (non-hydrogen) atoms. The number of H-pyrrole nitrogens is 1. The zero-order chi connectivity index (χ0) is 15.8. The lowest BCUT2D eigenvalue weighted by atomic mass is 10.1. The van der Waals surface area contributed by atoms with E-state index < -0.39 is 28.3 Å². The van der Waals surface area contributed by atoms with Gasteiger partial charge in [-0.3, -0.25) is 14.9 Å². The monoisotopic (exact) mass is 302 g/mol. The van der Waals surface area contributed by atoms with Gasteiger partial charge in [0.05, 0.1) is 18.5 Å². The van der Waals surface area contributed by atoms with Crippen LogP contribution in [0.25, 0.3) is 10.9 Å². The van der Waals surface area contributed by atoms with Gasteiger partial charge in [0.15, 0.2) is 0 Å². The number of rotatable bonds is 3. The van der Waals surface area contributed by atoms with E-state index in [4.69, 9.17) is 0 Å². The molecule has 1 aromatic carbocycles. The highest BCUT2D eigenvalue weighted by Gasteiger charge is 2.39. The summed E-state index contributed by atoms with van der Waals surface area (Å²) in [6.45, 7) is 0. The maximum absolute atomic E-state index is 12.8. The molecule has 6 nitrogen and oxygen atoms in total. The molecule has 2 rings (SSSR count). The highest BCUT2D eigenvalue weighted by atomic mass is 19.4. The second-order valence-corrected chi connectivity index (χ2v) is 4.24. The minimum atomic E-state index is -4.84. The molecule has 0 atom stereocenters. The summed E-state index contributed by atoms with van der Waals surface area (Å²) in [5, 5.41) is 11.0. The van der Waals surface area contributed by atoms with E-state index in [1.165, 1.54) is 13.3 Å². The smallest absolute Gasteiger partial charge is 0.423 e. The summed E-state index contributed by atoms with van der Waals surface area (Å²) in [6.07, 6.45) is -3.71. The minimum absolute atomic E-state index is 0.0619. The predicted octanol–water partition coefficient (Wildman–Crippen LogP) is 2.81. The molecule has 0 saturated carbocycles. The highest BCUT2D eigenvalue weighted by Crippen LogP contribution is 2.39. The van der Waals surface area contributed by atoms with Gasteiger partial charge >= 0.3 is 12.1 Å². The highest BCUT2D eigenvalue weighted by molar-refractivity contribution is 5.90. The van der Waals surface area contributed by atoms with Crippen molar-refractivity contribution in [3.63, 3.8) is 0 Å². The Morgan fingerprint density at radius 3 is 2.62 bits per heavy atom. The maximum atomic E-state index is 12.8. The standard InChI is InChI=1S/C12H9F3N2O4/c1-21-11(18)2-6-5-16-9-4-8(12(13,14)15)10(17(19)20)3-7(6)9/h3-5,16H,2H2,1H3. The molecule has 9 heteroatoms. The Hall–Kier alpha value is -2.58. The van der Waals surface area contributed by atoms with Crippen molar-refractivity contribution >= 4 is 22.6 Å². The van der Waals surface area contributed by atoms with Crippen LogP contribution in [-0.4, -0.2) is 23.0 Å². The molecule has 0 aliphatic carbocycles. The van der Waals surface area contributed by atoms with Crippen LogP contribution in [0.5, 0.6) is 0 Å². The lowest BCUT2D eigenvalue weighted by molar-refractivity contribution is -0.387. The van der Waals surface area contributed by atoms with Gasteiger partial charge < -0.3 is 9.72 Å². The summed E-state index contributed by atoms with van der Waals surface area (Å²) in [7, 11) is 1.17. The first-order chi connectivity index (χ1) is 9.74. The van der Waals surface area contributed by atoms with Crippen molar-refractivity contribution in [2.24, 2.45) is 0 Å². The van der Waals surface area contributed by atoms with Crippen molar-refractivity contribution in [2.45, 2.75) is 12.6 Å². The number of benzene rings is 1. The van der Waals surface area contributed by atoms with Gasteiger partial charge in [-0.2, -0.15) is 13.2 Å². The van der Waals surface area contributed by atoms with E-state index in [2.05, 4.69) is 9.72 Å². The Balaban J connectivity index is 2.64.